The lowest BCUT2D eigenvalue weighted by molar-refractivity contribution is -0.166. The number of aliphatic hydroxyl groups excluding tert-OH is 1. The molecule has 0 unspecified atom stereocenters. The van der Waals surface area contributed by atoms with Crippen LogP contribution in [0.4, 0.5) is 0 Å². The Kier molecular flexibility index (Phi) is 6.50. The molecule has 2 saturated heterocycles. The van der Waals surface area contributed by atoms with Gasteiger partial charge in [-0.15, -0.1) is 0 Å². The van der Waals surface area contributed by atoms with Crippen molar-refractivity contribution in [3.8, 4) is 0 Å². The first-order valence-electron chi connectivity index (χ1n) is 9.97. The minimum Gasteiger partial charge on any atom is -0.481 e. The smallest absolute Gasteiger partial charge is 0.312 e. The minimum absolute atomic E-state index is 0.00495. The summed E-state index contributed by atoms with van der Waals surface area (Å²) in [4.78, 5) is 28.6. The SMILES string of the molecule is O=C(CN1CCCCCC1)N1CC[C@](Cc2ccccc2)(C(=O)O)[C@@H](O)C1. The summed E-state index contributed by atoms with van der Waals surface area (Å²) in [6, 6.07) is 9.40. The molecular weight excluding hydrogens is 344 g/mol. The van der Waals surface area contributed by atoms with Crippen LogP contribution in [0.15, 0.2) is 30.3 Å². The van der Waals surface area contributed by atoms with Crippen molar-refractivity contribution in [2.75, 3.05) is 32.7 Å². The van der Waals surface area contributed by atoms with Gasteiger partial charge >= 0.3 is 5.97 Å². The van der Waals surface area contributed by atoms with Gasteiger partial charge in [0.15, 0.2) is 0 Å². The Morgan fingerprint density at radius 2 is 1.70 bits per heavy atom. The second-order valence-corrected chi connectivity index (χ2v) is 7.92. The predicted octanol–water partition coefficient (Wildman–Crippen LogP) is 1.77. The third kappa shape index (κ3) is 4.68. The molecule has 6 heteroatoms. The number of carboxylic acid groups (broad SMARTS) is 1. The quantitative estimate of drug-likeness (QED) is 0.821. The topological polar surface area (TPSA) is 81.1 Å². The summed E-state index contributed by atoms with van der Waals surface area (Å²) in [6.45, 7) is 2.71. The zero-order valence-electron chi connectivity index (χ0n) is 15.8. The Morgan fingerprint density at radius 1 is 1.04 bits per heavy atom. The second kappa shape index (κ2) is 8.85. The zero-order valence-corrected chi connectivity index (χ0v) is 15.8. The number of aliphatic hydroxyl groups is 1. The molecule has 1 aromatic carbocycles. The number of nitrogens with zero attached hydrogens (tertiary/aromatic N) is 2. The van der Waals surface area contributed by atoms with E-state index in [0.717, 1.165) is 31.5 Å². The molecule has 1 amide bonds. The fraction of sp³-hybridized carbons (Fsp3) is 0.619. The molecule has 0 saturated carbocycles. The number of hydrogen-bond donors (Lipinski definition) is 2. The molecule has 0 bridgehead atoms. The summed E-state index contributed by atoms with van der Waals surface area (Å²) < 4.78 is 0. The number of carbonyl (C=O) groups is 2. The number of hydrogen-bond acceptors (Lipinski definition) is 4. The van der Waals surface area contributed by atoms with E-state index in [9.17, 15) is 19.8 Å². The number of β-amino-alcohol motifs (C(OH)–C–C–N with tert-alkyl or cyclic N) is 1. The van der Waals surface area contributed by atoms with Crippen LogP contribution in [0.3, 0.4) is 0 Å². The van der Waals surface area contributed by atoms with E-state index in [0.29, 0.717) is 13.1 Å². The van der Waals surface area contributed by atoms with Crippen molar-refractivity contribution >= 4 is 11.9 Å². The van der Waals surface area contributed by atoms with Crippen LogP contribution in [0.5, 0.6) is 0 Å². The Hall–Kier alpha value is -1.92. The summed E-state index contributed by atoms with van der Waals surface area (Å²) in [5, 5.41) is 20.6. The molecule has 0 spiro atoms. The van der Waals surface area contributed by atoms with E-state index in [4.69, 9.17) is 0 Å². The molecule has 2 aliphatic rings. The van der Waals surface area contributed by atoms with Crippen LogP contribution in [0.2, 0.25) is 0 Å². The molecule has 2 fully saturated rings. The fourth-order valence-electron chi connectivity index (χ4n) is 4.28. The molecule has 2 heterocycles. The highest BCUT2D eigenvalue weighted by molar-refractivity contribution is 5.80. The van der Waals surface area contributed by atoms with Crippen molar-refractivity contribution in [1.82, 2.24) is 9.80 Å². The Bertz CT molecular complexity index is 643. The summed E-state index contributed by atoms with van der Waals surface area (Å²) in [5.41, 5.74) is -0.343. The molecule has 1 aromatic rings. The third-order valence-corrected chi connectivity index (χ3v) is 6.06. The average Bonchev–Trinajstić information content (AvgIpc) is 2.92. The predicted molar refractivity (Wildman–Crippen MR) is 102 cm³/mol. The average molecular weight is 374 g/mol. The summed E-state index contributed by atoms with van der Waals surface area (Å²) in [5.74, 6) is -0.992. The first kappa shape index (κ1) is 19.8. The lowest BCUT2D eigenvalue weighted by Gasteiger charge is -2.43. The van der Waals surface area contributed by atoms with Crippen LogP contribution in [0.1, 0.15) is 37.7 Å². The van der Waals surface area contributed by atoms with Gasteiger partial charge in [-0.2, -0.15) is 0 Å². The maximum absolute atomic E-state index is 12.7. The minimum atomic E-state index is -1.24. The van der Waals surface area contributed by atoms with Crippen molar-refractivity contribution in [2.45, 2.75) is 44.6 Å². The van der Waals surface area contributed by atoms with E-state index in [1.54, 1.807) is 4.90 Å². The van der Waals surface area contributed by atoms with Gasteiger partial charge in [0.2, 0.25) is 5.91 Å². The molecule has 0 aromatic heterocycles. The number of rotatable bonds is 5. The summed E-state index contributed by atoms with van der Waals surface area (Å²) in [6.07, 6.45) is 4.14. The first-order valence-corrected chi connectivity index (χ1v) is 9.97. The van der Waals surface area contributed by atoms with Crippen molar-refractivity contribution < 1.29 is 19.8 Å². The highest BCUT2D eigenvalue weighted by Crippen LogP contribution is 2.36. The monoisotopic (exact) mass is 374 g/mol. The van der Waals surface area contributed by atoms with Crippen molar-refractivity contribution in [1.29, 1.82) is 0 Å². The van der Waals surface area contributed by atoms with Crippen molar-refractivity contribution in [2.24, 2.45) is 5.41 Å². The van der Waals surface area contributed by atoms with Gasteiger partial charge in [0.05, 0.1) is 12.6 Å². The molecule has 3 rings (SSSR count). The van der Waals surface area contributed by atoms with E-state index < -0.39 is 17.5 Å². The van der Waals surface area contributed by atoms with E-state index in [1.807, 2.05) is 30.3 Å². The molecule has 0 radical (unpaired) electrons. The van der Waals surface area contributed by atoms with Gasteiger partial charge in [-0.05, 0) is 44.3 Å². The number of amides is 1. The highest BCUT2D eigenvalue weighted by atomic mass is 16.4. The summed E-state index contributed by atoms with van der Waals surface area (Å²) >= 11 is 0. The highest BCUT2D eigenvalue weighted by Gasteiger charge is 2.49. The van der Waals surface area contributed by atoms with Crippen molar-refractivity contribution in [3.05, 3.63) is 35.9 Å². The number of carboxylic acids is 1. The normalized spacial score (nSPS) is 27.1. The molecule has 2 atom stereocenters. The van der Waals surface area contributed by atoms with Gasteiger partial charge in [0.25, 0.3) is 0 Å². The lowest BCUT2D eigenvalue weighted by atomic mass is 9.71. The van der Waals surface area contributed by atoms with Gasteiger partial charge in [-0.1, -0.05) is 43.2 Å². The lowest BCUT2D eigenvalue weighted by Crippen LogP contribution is -2.58. The zero-order chi connectivity index (χ0) is 19.3. The maximum atomic E-state index is 12.7. The van der Waals surface area contributed by atoms with Crippen LogP contribution in [-0.4, -0.2) is 70.7 Å². The second-order valence-electron chi connectivity index (χ2n) is 7.92. The number of benzene rings is 1. The molecule has 2 N–H and O–H groups in total. The number of carbonyl (C=O) groups excluding carboxylic acids is 1. The molecular formula is C21H30N2O4. The fourth-order valence-corrected chi connectivity index (χ4v) is 4.28. The summed E-state index contributed by atoms with van der Waals surface area (Å²) in [7, 11) is 0. The molecule has 2 aliphatic heterocycles. The van der Waals surface area contributed by atoms with E-state index in [-0.39, 0.29) is 25.3 Å². The third-order valence-electron chi connectivity index (χ3n) is 6.06. The van der Waals surface area contributed by atoms with Crippen LogP contribution in [0.25, 0.3) is 0 Å². The van der Waals surface area contributed by atoms with Crippen LogP contribution in [0, 0.1) is 5.41 Å². The van der Waals surface area contributed by atoms with Gasteiger partial charge in [-0.25, -0.2) is 0 Å². The molecule has 0 aliphatic carbocycles. The van der Waals surface area contributed by atoms with Crippen LogP contribution in [-0.2, 0) is 16.0 Å². The number of likely N-dealkylation sites (tertiary alicyclic amines) is 2. The number of piperidine rings is 1. The molecule has 148 valence electrons. The van der Waals surface area contributed by atoms with Crippen molar-refractivity contribution in [3.63, 3.8) is 0 Å². The first-order chi connectivity index (χ1) is 13.0. The van der Waals surface area contributed by atoms with Crippen LogP contribution < -0.4 is 0 Å². The Labute approximate surface area is 160 Å². The van der Waals surface area contributed by atoms with Gasteiger partial charge < -0.3 is 15.1 Å². The Morgan fingerprint density at radius 3 is 2.30 bits per heavy atom. The molecule has 6 nitrogen and oxygen atoms in total. The van der Waals surface area contributed by atoms with Crippen LogP contribution >= 0.6 is 0 Å². The van der Waals surface area contributed by atoms with E-state index in [2.05, 4.69) is 4.90 Å². The van der Waals surface area contributed by atoms with Gasteiger partial charge in [0.1, 0.15) is 5.41 Å². The Balaban J connectivity index is 1.64. The largest absolute Gasteiger partial charge is 0.481 e. The standard InChI is InChI=1S/C21H30N2O4/c24-18-15-23(19(25)16-22-11-6-1-2-7-12-22)13-10-21(18,20(26)27)14-17-8-4-3-5-9-17/h3-5,8-9,18,24H,1-2,6-7,10-16H2,(H,26,27)/t18-,21+/m0/s1. The maximum Gasteiger partial charge on any atom is 0.312 e. The van der Waals surface area contributed by atoms with Gasteiger partial charge in [-0.3, -0.25) is 14.5 Å². The van der Waals surface area contributed by atoms with E-state index >= 15 is 0 Å². The van der Waals surface area contributed by atoms with Gasteiger partial charge in [0, 0.05) is 13.1 Å². The molecule has 27 heavy (non-hydrogen) atoms. The van der Waals surface area contributed by atoms with E-state index in [1.165, 1.54) is 12.8 Å². The number of aliphatic carboxylic acids is 1.